The van der Waals surface area contributed by atoms with E-state index in [2.05, 4.69) is 0 Å². The lowest BCUT2D eigenvalue weighted by Gasteiger charge is -2.31. The number of hydrogen-bond donors (Lipinski definition) is 1. The number of ether oxygens (including phenoxy) is 3. The maximum Gasteiger partial charge on any atom is 0.339 e. The summed E-state index contributed by atoms with van der Waals surface area (Å²) in [6.07, 6.45) is 0. The number of carbonyl (C=O) groups excluding carboxylic acids is 2. The molecule has 7 nitrogen and oxygen atoms in total. The van der Waals surface area contributed by atoms with Crippen LogP contribution in [0.3, 0.4) is 0 Å². The molecule has 2 heterocycles. The Morgan fingerprint density at radius 2 is 2.08 bits per heavy atom. The van der Waals surface area contributed by atoms with Crippen LogP contribution in [-0.2, 0) is 24.8 Å². The quantitative estimate of drug-likeness (QED) is 0.815. The normalized spacial score (nSPS) is 28.8. The second-order valence-electron chi connectivity index (χ2n) is 5.95. The molecule has 0 saturated heterocycles. The smallest absolute Gasteiger partial charge is 0.339 e. The minimum Gasteiger partial charge on any atom is -0.462 e. The van der Waals surface area contributed by atoms with Gasteiger partial charge in [0.2, 0.25) is 5.88 Å². The average Bonchev–Trinajstić information content (AvgIpc) is 3.05. The van der Waals surface area contributed by atoms with Gasteiger partial charge >= 0.3 is 11.8 Å². The summed E-state index contributed by atoms with van der Waals surface area (Å²) >= 11 is 0. The lowest BCUT2D eigenvalue weighted by atomic mass is 9.69. The monoisotopic (exact) mass is 338 g/mol. The summed E-state index contributed by atoms with van der Waals surface area (Å²) in [4.78, 5) is 26.1. The molecule has 0 radical (unpaired) electrons. The van der Waals surface area contributed by atoms with E-state index in [9.17, 15) is 14.9 Å². The van der Waals surface area contributed by atoms with Crippen LogP contribution >= 0.6 is 0 Å². The molecule has 2 N–H and O–H groups in total. The van der Waals surface area contributed by atoms with Crippen molar-refractivity contribution in [1.29, 1.82) is 5.26 Å². The summed E-state index contributed by atoms with van der Waals surface area (Å²) < 4.78 is 16.8. The highest BCUT2D eigenvalue weighted by Gasteiger charge is 2.80. The van der Waals surface area contributed by atoms with E-state index in [0.29, 0.717) is 11.1 Å². The number of Topliss-reactive ketones (excluding diaryl/α,β-unsaturated/α-hetero) is 1. The zero-order chi connectivity index (χ0) is 18.0. The zero-order valence-corrected chi connectivity index (χ0v) is 13.6. The van der Waals surface area contributed by atoms with Crippen molar-refractivity contribution in [2.45, 2.75) is 19.6 Å². The van der Waals surface area contributed by atoms with Gasteiger partial charge in [-0.15, -0.1) is 0 Å². The fraction of sp³-hybridized carbons (Fsp3) is 0.278. The second-order valence-corrected chi connectivity index (χ2v) is 5.95. The second kappa shape index (κ2) is 4.63. The largest absolute Gasteiger partial charge is 0.462 e. The van der Waals surface area contributed by atoms with Gasteiger partial charge in [0.25, 0.3) is 0 Å². The van der Waals surface area contributed by atoms with Crippen molar-refractivity contribution in [3.63, 3.8) is 0 Å². The Labute approximate surface area is 143 Å². The molecule has 2 aliphatic heterocycles. The number of benzene rings is 1. The maximum atomic E-state index is 13.4. The Balaban J connectivity index is 2.09. The minimum atomic E-state index is -1.77. The molecule has 2 unspecified atom stereocenters. The summed E-state index contributed by atoms with van der Waals surface area (Å²) in [5, 5.41) is 9.68. The fourth-order valence-corrected chi connectivity index (χ4v) is 4.05. The Hall–Kier alpha value is -3.27. The van der Waals surface area contributed by atoms with Gasteiger partial charge in [-0.25, -0.2) is 4.79 Å². The third-order valence-corrected chi connectivity index (χ3v) is 4.85. The number of ketones is 1. The maximum absolute atomic E-state index is 13.4. The Morgan fingerprint density at radius 3 is 2.76 bits per heavy atom. The number of esters is 1. The van der Waals surface area contributed by atoms with Crippen LogP contribution in [0.15, 0.2) is 47.1 Å². The third kappa shape index (κ3) is 1.41. The van der Waals surface area contributed by atoms with Crippen molar-refractivity contribution in [3.05, 3.63) is 58.2 Å². The number of nitrogens with two attached hydrogens (primary N) is 1. The van der Waals surface area contributed by atoms with Crippen LogP contribution < -0.4 is 5.73 Å². The van der Waals surface area contributed by atoms with Gasteiger partial charge in [0, 0.05) is 11.1 Å². The van der Waals surface area contributed by atoms with E-state index in [1.54, 1.807) is 38.1 Å². The number of nitriles is 1. The fourth-order valence-electron chi connectivity index (χ4n) is 4.05. The zero-order valence-electron chi connectivity index (χ0n) is 13.6. The molecule has 126 valence electrons. The summed E-state index contributed by atoms with van der Waals surface area (Å²) in [7, 11) is 0. The number of rotatable bonds is 2. The van der Waals surface area contributed by atoms with Gasteiger partial charge in [0.05, 0.1) is 6.61 Å². The van der Waals surface area contributed by atoms with Crippen LogP contribution in [0.1, 0.15) is 29.8 Å². The van der Waals surface area contributed by atoms with Crippen molar-refractivity contribution < 1.29 is 23.8 Å². The first-order chi connectivity index (χ1) is 12.0. The molecule has 0 fully saturated rings. The van der Waals surface area contributed by atoms with Crippen molar-refractivity contribution in [1.82, 2.24) is 0 Å². The van der Waals surface area contributed by atoms with E-state index in [1.165, 1.54) is 0 Å². The van der Waals surface area contributed by atoms with E-state index in [0.717, 1.165) is 0 Å². The Kier molecular flexibility index (Phi) is 2.83. The summed E-state index contributed by atoms with van der Waals surface area (Å²) in [6.45, 7) is 3.31. The molecule has 25 heavy (non-hydrogen) atoms. The highest BCUT2D eigenvalue weighted by molar-refractivity contribution is 6.16. The summed E-state index contributed by atoms with van der Waals surface area (Å²) in [5.41, 5.74) is 4.72. The van der Waals surface area contributed by atoms with Gasteiger partial charge in [-0.2, -0.15) is 5.26 Å². The molecule has 1 aromatic carbocycles. The predicted molar refractivity (Wildman–Crippen MR) is 83.2 cm³/mol. The number of fused-ring (bicyclic) bond motifs is 1. The number of nitrogens with zero attached hydrogens (tertiary/aromatic N) is 1. The lowest BCUT2D eigenvalue weighted by Crippen LogP contribution is -2.45. The number of hydrogen-bond acceptors (Lipinski definition) is 7. The summed E-state index contributed by atoms with van der Waals surface area (Å²) in [5.74, 6) is -2.91. The molecule has 4 rings (SSSR count). The molecule has 3 aliphatic rings. The minimum absolute atomic E-state index is 0.0347. The van der Waals surface area contributed by atoms with Crippen molar-refractivity contribution in [2.24, 2.45) is 11.1 Å². The predicted octanol–water partition coefficient (Wildman–Crippen LogP) is 1.61. The molecule has 7 heteroatoms. The van der Waals surface area contributed by atoms with Crippen LogP contribution in [0, 0.1) is 16.7 Å². The molecule has 1 aromatic rings. The first-order valence-electron chi connectivity index (χ1n) is 7.76. The number of allylic oxidation sites excluding steroid dienone is 1. The van der Waals surface area contributed by atoms with Gasteiger partial charge < -0.3 is 19.9 Å². The molecule has 1 aliphatic carbocycles. The van der Waals surface area contributed by atoms with Gasteiger partial charge in [0.15, 0.2) is 11.2 Å². The molecular formula is C18H14N2O5. The van der Waals surface area contributed by atoms with E-state index < -0.39 is 23.0 Å². The number of carbonyl (C=O) groups is 2. The van der Waals surface area contributed by atoms with E-state index in [1.807, 2.05) is 6.07 Å². The highest BCUT2D eigenvalue weighted by Crippen LogP contribution is 2.69. The topological polar surface area (TPSA) is 112 Å². The van der Waals surface area contributed by atoms with Crippen LogP contribution in [0.25, 0.3) is 0 Å². The van der Waals surface area contributed by atoms with Crippen LogP contribution in [0.5, 0.6) is 0 Å². The Morgan fingerprint density at radius 1 is 1.36 bits per heavy atom. The summed E-state index contributed by atoms with van der Waals surface area (Å²) in [6, 6.07) is 8.64. The third-order valence-electron chi connectivity index (χ3n) is 4.85. The van der Waals surface area contributed by atoms with Gasteiger partial charge in [-0.05, 0) is 13.8 Å². The van der Waals surface area contributed by atoms with Crippen molar-refractivity contribution in [3.8, 4) is 6.07 Å². The standard InChI is InChI=1S/C18H14N2O5/c1-3-23-16(22)13-9(2)24-18-11-7-5-4-6-10(11)14(21)17(13,18)12(8-19)15(20)25-18/h4-7H,3,20H2,1-2H3. The average molecular weight is 338 g/mol. The van der Waals surface area contributed by atoms with Crippen LogP contribution in [0.4, 0.5) is 0 Å². The molecule has 0 amide bonds. The first kappa shape index (κ1) is 15.3. The molecule has 0 bridgehead atoms. The lowest BCUT2D eigenvalue weighted by molar-refractivity contribution is -0.199. The van der Waals surface area contributed by atoms with E-state index in [-0.39, 0.29) is 29.4 Å². The van der Waals surface area contributed by atoms with Crippen LogP contribution in [-0.4, -0.2) is 18.4 Å². The van der Waals surface area contributed by atoms with E-state index in [4.69, 9.17) is 19.9 Å². The molecular weight excluding hydrogens is 324 g/mol. The van der Waals surface area contributed by atoms with Gasteiger partial charge in [-0.3, -0.25) is 4.79 Å². The molecule has 0 saturated carbocycles. The van der Waals surface area contributed by atoms with Crippen molar-refractivity contribution >= 4 is 11.8 Å². The SMILES string of the molecule is CCOC(=O)C1=C(C)OC23OC(N)=C(C#N)C12C(=O)c1ccccc13. The molecule has 0 aromatic heterocycles. The molecule has 0 spiro atoms. The highest BCUT2D eigenvalue weighted by atomic mass is 16.7. The first-order valence-corrected chi connectivity index (χ1v) is 7.76. The van der Waals surface area contributed by atoms with Crippen molar-refractivity contribution in [2.75, 3.05) is 6.61 Å². The van der Waals surface area contributed by atoms with Gasteiger partial charge in [0.1, 0.15) is 23.0 Å². The molecule has 2 atom stereocenters. The van der Waals surface area contributed by atoms with E-state index >= 15 is 0 Å². The van der Waals surface area contributed by atoms with Crippen LogP contribution in [0.2, 0.25) is 0 Å². The van der Waals surface area contributed by atoms with Gasteiger partial charge in [-0.1, -0.05) is 24.3 Å². The Bertz CT molecular complexity index is 954.